The number of ether oxygens (including phenoxy) is 1. The van der Waals surface area contributed by atoms with Crippen LogP contribution in [0.25, 0.3) is 0 Å². The number of aliphatic imine (C=N–C) groups is 1. The topological polar surface area (TPSA) is 38.7 Å². The lowest BCUT2D eigenvalue weighted by atomic mass is 9.83. The Morgan fingerprint density at radius 3 is 2.12 bits per heavy atom. The third-order valence-corrected chi connectivity index (χ3v) is 2.72. The highest BCUT2D eigenvalue weighted by Crippen LogP contribution is 2.24. The van der Waals surface area contributed by atoms with E-state index in [1.54, 1.807) is 0 Å². The summed E-state index contributed by atoms with van der Waals surface area (Å²) in [5.74, 6) is -0.260. The second kappa shape index (κ2) is 6.18. The van der Waals surface area contributed by atoms with Crippen LogP contribution in [0.2, 0.25) is 0 Å². The minimum atomic E-state index is -0.431. The molecule has 0 bridgehead atoms. The molecule has 0 N–H and O–H groups in total. The molecule has 0 aromatic carbocycles. The molecule has 17 heavy (non-hydrogen) atoms. The Balaban J connectivity index is 4.38. The molecular formula is C14H27NO2. The van der Waals surface area contributed by atoms with Gasteiger partial charge in [-0.1, -0.05) is 27.2 Å². The van der Waals surface area contributed by atoms with E-state index in [1.807, 2.05) is 27.7 Å². The van der Waals surface area contributed by atoms with Crippen molar-refractivity contribution in [1.29, 1.82) is 0 Å². The monoisotopic (exact) mass is 241 g/mol. The van der Waals surface area contributed by atoms with Gasteiger partial charge in [-0.05, 0) is 34.1 Å². The summed E-state index contributed by atoms with van der Waals surface area (Å²) in [4.78, 5) is 15.9. The average molecular weight is 241 g/mol. The number of carbonyl (C=O) groups excluding carboxylic acids is 1. The van der Waals surface area contributed by atoms with Crippen LogP contribution in [-0.2, 0) is 9.53 Å². The minimum absolute atomic E-state index is 0.0662. The first-order valence-electron chi connectivity index (χ1n) is 6.32. The lowest BCUT2D eigenvalue weighted by Crippen LogP contribution is -2.27. The molecule has 0 saturated heterocycles. The summed E-state index contributed by atoms with van der Waals surface area (Å²) in [6.45, 7) is 14.2. The molecule has 0 amide bonds. The number of hydrogen-bond donors (Lipinski definition) is 0. The van der Waals surface area contributed by atoms with Gasteiger partial charge in [0.05, 0.1) is 0 Å². The molecule has 0 atom stereocenters. The van der Waals surface area contributed by atoms with Gasteiger partial charge in [-0.25, -0.2) is 0 Å². The fourth-order valence-electron chi connectivity index (χ4n) is 1.58. The van der Waals surface area contributed by atoms with Gasteiger partial charge in [0.25, 0.3) is 0 Å². The molecule has 0 fully saturated rings. The standard InChI is InChI=1S/C14H27NO2/c1-8-9-14(6,7)11(2)15-10-12(16)17-13(3,4)5/h8-10H2,1-7H3. The molecule has 0 unspecified atom stereocenters. The maximum Gasteiger partial charge on any atom is 0.328 e. The minimum Gasteiger partial charge on any atom is -0.459 e. The molecule has 0 aliphatic heterocycles. The van der Waals surface area contributed by atoms with Crippen LogP contribution in [0.5, 0.6) is 0 Å². The lowest BCUT2D eigenvalue weighted by Gasteiger charge is -2.24. The molecule has 3 heteroatoms. The van der Waals surface area contributed by atoms with Crippen LogP contribution in [0.15, 0.2) is 4.99 Å². The van der Waals surface area contributed by atoms with Crippen LogP contribution >= 0.6 is 0 Å². The van der Waals surface area contributed by atoms with Gasteiger partial charge in [-0.15, -0.1) is 0 Å². The summed E-state index contributed by atoms with van der Waals surface area (Å²) in [6, 6.07) is 0. The van der Waals surface area contributed by atoms with Crippen molar-refractivity contribution in [1.82, 2.24) is 0 Å². The number of hydrogen-bond acceptors (Lipinski definition) is 3. The zero-order chi connectivity index (χ0) is 13.7. The molecule has 0 aromatic rings. The Morgan fingerprint density at radius 2 is 1.71 bits per heavy atom. The molecule has 0 heterocycles. The Hall–Kier alpha value is -0.860. The van der Waals surface area contributed by atoms with Crippen LogP contribution in [0, 0.1) is 5.41 Å². The summed E-state index contributed by atoms with van der Waals surface area (Å²) in [5, 5.41) is 0. The van der Waals surface area contributed by atoms with Gasteiger partial charge in [0.1, 0.15) is 12.1 Å². The third-order valence-electron chi connectivity index (χ3n) is 2.72. The SMILES string of the molecule is CCCC(C)(C)C(C)=NCC(=O)OC(C)(C)C. The summed E-state index contributed by atoms with van der Waals surface area (Å²) in [5.41, 5.74) is 0.654. The number of nitrogens with zero attached hydrogens (tertiary/aromatic N) is 1. The first-order chi connectivity index (χ1) is 7.58. The molecular weight excluding hydrogens is 214 g/mol. The summed E-state index contributed by atoms with van der Waals surface area (Å²) in [6.07, 6.45) is 2.20. The smallest absolute Gasteiger partial charge is 0.328 e. The predicted octanol–water partition coefficient (Wildman–Crippen LogP) is 3.62. The Kier molecular flexibility index (Phi) is 5.86. The van der Waals surface area contributed by atoms with Gasteiger partial charge in [0, 0.05) is 11.1 Å². The van der Waals surface area contributed by atoms with Gasteiger partial charge in [-0.2, -0.15) is 0 Å². The van der Waals surface area contributed by atoms with Crippen LogP contribution in [0.3, 0.4) is 0 Å². The van der Waals surface area contributed by atoms with E-state index in [-0.39, 0.29) is 17.9 Å². The van der Waals surface area contributed by atoms with E-state index in [0.29, 0.717) is 0 Å². The van der Waals surface area contributed by atoms with Crippen molar-refractivity contribution < 1.29 is 9.53 Å². The van der Waals surface area contributed by atoms with Crippen molar-refractivity contribution >= 4 is 11.7 Å². The number of carbonyl (C=O) groups is 1. The van der Waals surface area contributed by atoms with Crippen molar-refractivity contribution in [2.75, 3.05) is 6.54 Å². The van der Waals surface area contributed by atoms with Gasteiger partial charge in [0.15, 0.2) is 0 Å². The highest BCUT2D eigenvalue weighted by Gasteiger charge is 2.21. The summed E-state index contributed by atoms with van der Waals surface area (Å²) in [7, 11) is 0. The quantitative estimate of drug-likeness (QED) is 0.544. The number of esters is 1. The van der Waals surface area contributed by atoms with Crippen LogP contribution in [0.1, 0.15) is 61.3 Å². The molecule has 0 aliphatic carbocycles. The molecule has 0 aromatic heterocycles. The van der Waals surface area contributed by atoms with Crippen molar-refractivity contribution in [3.05, 3.63) is 0 Å². The molecule has 0 aliphatic rings. The molecule has 3 nitrogen and oxygen atoms in total. The van der Waals surface area contributed by atoms with E-state index < -0.39 is 5.60 Å². The van der Waals surface area contributed by atoms with E-state index in [4.69, 9.17) is 4.74 Å². The fourth-order valence-corrected chi connectivity index (χ4v) is 1.58. The van der Waals surface area contributed by atoms with E-state index in [9.17, 15) is 4.79 Å². The average Bonchev–Trinajstić information content (AvgIpc) is 2.11. The van der Waals surface area contributed by atoms with Crippen molar-refractivity contribution in [3.8, 4) is 0 Å². The third kappa shape index (κ3) is 7.14. The molecule has 0 spiro atoms. The molecule has 100 valence electrons. The highest BCUT2D eigenvalue weighted by atomic mass is 16.6. The Morgan fingerprint density at radius 1 is 1.18 bits per heavy atom. The molecule has 0 rings (SSSR count). The Labute approximate surface area is 106 Å². The predicted molar refractivity (Wildman–Crippen MR) is 72.5 cm³/mol. The van der Waals surface area contributed by atoms with Crippen molar-refractivity contribution in [2.45, 2.75) is 66.9 Å². The largest absolute Gasteiger partial charge is 0.459 e. The summed E-state index contributed by atoms with van der Waals surface area (Å²) >= 11 is 0. The van der Waals surface area contributed by atoms with Gasteiger partial charge in [0.2, 0.25) is 0 Å². The summed E-state index contributed by atoms with van der Waals surface area (Å²) < 4.78 is 5.21. The lowest BCUT2D eigenvalue weighted by molar-refractivity contribution is -0.152. The van der Waals surface area contributed by atoms with E-state index in [0.717, 1.165) is 18.6 Å². The normalized spacial score (nSPS) is 13.7. The zero-order valence-corrected chi connectivity index (χ0v) is 12.4. The second-order valence-electron chi connectivity index (χ2n) is 6.12. The Bertz CT molecular complexity index is 285. The van der Waals surface area contributed by atoms with E-state index in [2.05, 4.69) is 25.8 Å². The van der Waals surface area contributed by atoms with E-state index in [1.165, 1.54) is 0 Å². The molecule has 0 saturated carbocycles. The molecule has 0 radical (unpaired) electrons. The van der Waals surface area contributed by atoms with E-state index >= 15 is 0 Å². The van der Waals surface area contributed by atoms with Crippen LogP contribution in [0.4, 0.5) is 0 Å². The van der Waals surface area contributed by atoms with Gasteiger partial charge >= 0.3 is 5.97 Å². The van der Waals surface area contributed by atoms with Gasteiger partial charge in [-0.3, -0.25) is 9.79 Å². The first kappa shape index (κ1) is 16.1. The zero-order valence-electron chi connectivity index (χ0n) is 12.4. The van der Waals surface area contributed by atoms with Crippen LogP contribution in [-0.4, -0.2) is 23.8 Å². The number of rotatable bonds is 5. The maximum absolute atomic E-state index is 11.5. The fraction of sp³-hybridized carbons (Fsp3) is 0.857. The van der Waals surface area contributed by atoms with Gasteiger partial charge < -0.3 is 4.74 Å². The first-order valence-corrected chi connectivity index (χ1v) is 6.32. The van der Waals surface area contributed by atoms with Crippen molar-refractivity contribution in [2.24, 2.45) is 10.4 Å². The second-order valence-corrected chi connectivity index (χ2v) is 6.12. The van der Waals surface area contributed by atoms with Crippen LogP contribution < -0.4 is 0 Å². The highest BCUT2D eigenvalue weighted by molar-refractivity contribution is 5.89. The van der Waals surface area contributed by atoms with Crippen molar-refractivity contribution in [3.63, 3.8) is 0 Å². The maximum atomic E-state index is 11.5.